The minimum Gasteiger partial charge on any atom is -0.469 e. The van der Waals surface area contributed by atoms with Crippen molar-refractivity contribution in [2.24, 2.45) is 17.3 Å². The normalized spacial score (nSPS) is 23.3. The van der Waals surface area contributed by atoms with Crippen molar-refractivity contribution in [2.45, 2.75) is 52.6 Å². The summed E-state index contributed by atoms with van der Waals surface area (Å²) < 4.78 is 11.2. The lowest BCUT2D eigenvalue weighted by Gasteiger charge is -2.03. The van der Waals surface area contributed by atoms with Crippen LogP contribution in [-0.2, 0) is 22.6 Å². The summed E-state index contributed by atoms with van der Waals surface area (Å²) in [5, 5.41) is 0. The Morgan fingerprint density at radius 2 is 1.93 bits per heavy atom. The maximum Gasteiger partial charge on any atom is 0.310 e. The molecule has 1 heterocycles. The predicted octanol–water partition coefficient (Wildman–Crippen LogP) is 5.69. The van der Waals surface area contributed by atoms with Crippen LogP contribution in [0.4, 0.5) is 0 Å². The second kappa shape index (κ2) is 7.38. The van der Waals surface area contributed by atoms with Gasteiger partial charge in [-0.1, -0.05) is 55.8 Å². The van der Waals surface area contributed by atoms with Gasteiger partial charge in [0, 0.05) is 12.0 Å². The van der Waals surface area contributed by atoms with Gasteiger partial charge < -0.3 is 9.15 Å². The zero-order chi connectivity index (χ0) is 18.9. The van der Waals surface area contributed by atoms with E-state index >= 15 is 0 Å². The van der Waals surface area contributed by atoms with Crippen LogP contribution >= 0.6 is 0 Å². The van der Waals surface area contributed by atoms with Crippen molar-refractivity contribution >= 4 is 5.97 Å². The number of hydrogen-bond donors (Lipinski definition) is 0. The molecule has 2 atom stereocenters. The molecule has 1 aromatic heterocycles. The maximum atomic E-state index is 12.6. The van der Waals surface area contributed by atoms with Crippen LogP contribution in [0.1, 0.15) is 56.4 Å². The zero-order valence-electron chi connectivity index (χ0n) is 16.2. The number of esters is 1. The summed E-state index contributed by atoms with van der Waals surface area (Å²) in [6.45, 7) is 4.63. The predicted molar refractivity (Wildman–Crippen MR) is 105 cm³/mol. The van der Waals surface area contributed by atoms with Crippen LogP contribution in [0, 0.1) is 17.3 Å². The lowest BCUT2D eigenvalue weighted by atomic mass is 10.1. The highest BCUT2D eigenvalue weighted by Gasteiger charge is 2.61. The molecule has 2 fully saturated rings. The number of hydrogen-bond acceptors (Lipinski definition) is 3. The van der Waals surface area contributed by atoms with Gasteiger partial charge in [0.25, 0.3) is 0 Å². The quantitative estimate of drug-likeness (QED) is 0.488. The molecule has 0 unspecified atom stereocenters. The Hall–Kier alpha value is -2.29. The molecule has 0 bridgehead atoms. The SMILES string of the molecule is CC1(C)[C@@H](C=C2CCCC2)[C@@H]1C(=O)OCc1coc(Cc2ccccc2)c1. The molecule has 0 aliphatic heterocycles. The standard InChI is InChI=1S/C24H28O3/c1-24(2)21(14-18-10-6-7-11-18)22(24)23(25)27-16-19-13-20(26-15-19)12-17-8-4-3-5-9-17/h3-5,8-9,13-15,21-22H,6-7,10-12,16H2,1-2H3/t21-,22+/m0/s1. The number of allylic oxidation sites excluding steroid dienone is 2. The highest BCUT2D eigenvalue weighted by atomic mass is 16.5. The second-order valence-electron chi connectivity index (χ2n) is 8.55. The molecule has 2 aliphatic carbocycles. The topological polar surface area (TPSA) is 39.4 Å². The van der Waals surface area contributed by atoms with Crippen LogP contribution in [0.25, 0.3) is 0 Å². The van der Waals surface area contributed by atoms with Gasteiger partial charge in [-0.3, -0.25) is 4.79 Å². The van der Waals surface area contributed by atoms with E-state index in [1.807, 2.05) is 24.3 Å². The summed E-state index contributed by atoms with van der Waals surface area (Å²) >= 11 is 0. The third-order valence-corrected chi connectivity index (χ3v) is 6.14. The van der Waals surface area contributed by atoms with Gasteiger partial charge in [-0.15, -0.1) is 0 Å². The van der Waals surface area contributed by atoms with Crippen LogP contribution in [0.2, 0.25) is 0 Å². The van der Waals surface area contributed by atoms with E-state index < -0.39 is 0 Å². The lowest BCUT2D eigenvalue weighted by Crippen LogP contribution is -2.10. The van der Waals surface area contributed by atoms with E-state index in [0.29, 0.717) is 5.92 Å². The number of carbonyl (C=O) groups excluding carboxylic acids is 1. The molecule has 142 valence electrons. The third-order valence-electron chi connectivity index (χ3n) is 6.14. The summed E-state index contributed by atoms with van der Waals surface area (Å²) in [6, 6.07) is 12.2. The van der Waals surface area contributed by atoms with Gasteiger partial charge in [0.1, 0.15) is 12.4 Å². The first-order chi connectivity index (χ1) is 13.0. The van der Waals surface area contributed by atoms with Crippen molar-refractivity contribution in [1.82, 2.24) is 0 Å². The number of carbonyl (C=O) groups is 1. The Balaban J connectivity index is 1.31. The molecule has 3 heteroatoms. The van der Waals surface area contributed by atoms with Crippen LogP contribution in [0.3, 0.4) is 0 Å². The van der Waals surface area contributed by atoms with Gasteiger partial charge >= 0.3 is 5.97 Å². The number of furan rings is 1. The molecule has 2 aliphatic rings. The van der Waals surface area contributed by atoms with Crippen LogP contribution in [0.5, 0.6) is 0 Å². The molecule has 1 aromatic carbocycles. The highest BCUT2D eigenvalue weighted by Crippen LogP contribution is 2.60. The average molecular weight is 364 g/mol. The molecule has 0 saturated heterocycles. The molecule has 0 radical (unpaired) electrons. The fourth-order valence-electron chi connectivity index (χ4n) is 4.32. The Labute approximate surface area is 161 Å². The number of rotatable bonds is 6. The molecule has 27 heavy (non-hydrogen) atoms. The van der Waals surface area contributed by atoms with Crippen molar-refractivity contribution < 1.29 is 13.9 Å². The maximum absolute atomic E-state index is 12.6. The monoisotopic (exact) mass is 364 g/mol. The summed E-state index contributed by atoms with van der Waals surface area (Å²) in [7, 11) is 0. The largest absolute Gasteiger partial charge is 0.469 e. The molecule has 0 N–H and O–H groups in total. The fourth-order valence-corrected chi connectivity index (χ4v) is 4.32. The smallest absolute Gasteiger partial charge is 0.310 e. The van der Waals surface area contributed by atoms with Crippen molar-refractivity contribution in [3.8, 4) is 0 Å². The Bertz CT molecular complexity index is 820. The minimum absolute atomic E-state index is 0.0127. The van der Waals surface area contributed by atoms with E-state index in [0.717, 1.165) is 17.7 Å². The fraction of sp³-hybridized carbons (Fsp3) is 0.458. The average Bonchev–Trinajstić information content (AvgIpc) is 3.10. The highest BCUT2D eigenvalue weighted by molar-refractivity contribution is 5.78. The second-order valence-corrected chi connectivity index (χ2v) is 8.55. The molecule has 4 rings (SSSR count). The van der Waals surface area contributed by atoms with Crippen LogP contribution < -0.4 is 0 Å². The first-order valence-corrected chi connectivity index (χ1v) is 10.0. The van der Waals surface area contributed by atoms with Crippen molar-refractivity contribution in [3.63, 3.8) is 0 Å². The molecular weight excluding hydrogens is 336 g/mol. The first-order valence-electron chi connectivity index (χ1n) is 10.0. The number of benzene rings is 1. The van der Waals surface area contributed by atoms with E-state index in [2.05, 4.69) is 32.1 Å². The summed E-state index contributed by atoms with van der Waals surface area (Å²) in [6.07, 6.45) is 9.79. The Morgan fingerprint density at radius 3 is 2.67 bits per heavy atom. The summed E-state index contributed by atoms with van der Waals surface area (Å²) in [5.41, 5.74) is 3.67. The first kappa shape index (κ1) is 18.1. The van der Waals surface area contributed by atoms with E-state index in [4.69, 9.17) is 9.15 Å². The summed E-state index contributed by atoms with van der Waals surface area (Å²) in [4.78, 5) is 12.6. The van der Waals surface area contributed by atoms with Gasteiger partial charge in [-0.05, 0) is 48.6 Å². The molecular formula is C24H28O3. The van der Waals surface area contributed by atoms with Gasteiger partial charge in [0.2, 0.25) is 0 Å². The molecule has 2 saturated carbocycles. The van der Waals surface area contributed by atoms with Gasteiger partial charge in [0.15, 0.2) is 0 Å². The molecule has 2 aromatic rings. The van der Waals surface area contributed by atoms with Crippen molar-refractivity contribution in [3.05, 3.63) is 71.2 Å². The number of ether oxygens (including phenoxy) is 1. The van der Waals surface area contributed by atoms with E-state index in [-0.39, 0.29) is 23.9 Å². The van der Waals surface area contributed by atoms with E-state index in [1.54, 1.807) is 6.26 Å². The molecule has 3 nitrogen and oxygen atoms in total. The Kier molecular flexibility index (Phi) is 4.94. The van der Waals surface area contributed by atoms with Gasteiger partial charge in [-0.25, -0.2) is 0 Å². The van der Waals surface area contributed by atoms with Crippen LogP contribution in [-0.4, -0.2) is 5.97 Å². The Morgan fingerprint density at radius 1 is 1.19 bits per heavy atom. The zero-order valence-corrected chi connectivity index (χ0v) is 16.2. The van der Waals surface area contributed by atoms with E-state index in [1.165, 1.54) is 36.8 Å². The van der Waals surface area contributed by atoms with Gasteiger partial charge in [-0.2, -0.15) is 0 Å². The lowest BCUT2D eigenvalue weighted by molar-refractivity contribution is -0.147. The van der Waals surface area contributed by atoms with E-state index in [9.17, 15) is 4.79 Å². The molecule has 0 spiro atoms. The molecule has 0 amide bonds. The van der Waals surface area contributed by atoms with Gasteiger partial charge in [0.05, 0.1) is 12.2 Å². The van der Waals surface area contributed by atoms with Crippen molar-refractivity contribution in [2.75, 3.05) is 0 Å². The third kappa shape index (κ3) is 4.02. The minimum atomic E-state index is -0.0781. The van der Waals surface area contributed by atoms with Crippen molar-refractivity contribution in [1.29, 1.82) is 0 Å². The summed E-state index contributed by atoms with van der Waals surface area (Å²) in [5.74, 6) is 1.13. The van der Waals surface area contributed by atoms with Crippen LogP contribution in [0.15, 0.2) is 58.7 Å².